The molecule has 0 atom stereocenters. The molecule has 0 bridgehead atoms. The number of carbonyl (C=O) groups is 1. The maximum absolute atomic E-state index is 13.7. The summed E-state index contributed by atoms with van der Waals surface area (Å²) in [6.07, 6.45) is -4.31. The number of carboxylic acid groups (broad SMARTS) is 1. The van der Waals surface area contributed by atoms with E-state index < -0.39 is 23.4 Å². The van der Waals surface area contributed by atoms with Gasteiger partial charge in [-0.15, -0.1) is 0 Å². The molecule has 39 heavy (non-hydrogen) atoms. The van der Waals surface area contributed by atoms with Crippen LogP contribution in [0.5, 0.6) is 5.75 Å². The normalized spacial score (nSPS) is 11.4. The maximum Gasteiger partial charge on any atom is 0.434 e. The van der Waals surface area contributed by atoms with Crippen molar-refractivity contribution >= 4 is 5.97 Å². The van der Waals surface area contributed by atoms with Crippen molar-refractivity contribution in [1.29, 1.82) is 0 Å². The van der Waals surface area contributed by atoms with Crippen LogP contribution >= 0.6 is 0 Å². The molecule has 0 amide bonds. The Morgan fingerprint density at radius 3 is 2.21 bits per heavy atom. The molecule has 0 aliphatic rings. The van der Waals surface area contributed by atoms with Crippen LogP contribution in [0.4, 0.5) is 17.6 Å². The minimum absolute atomic E-state index is 0.196. The summed E-state index contributed by atoms with van der Waals surface area (Å²) in [6.45, 7) is 0.208. The van der Waals surface area contributed by atoms with E-state index in [1.807, 2.05) is 24.3 Å². The van der Waals surface area contributed by atoms with E-state index >= 15 is 0 Å². The van der Waals surface area contributed by atoms with Crippen LogP contribution in [-0.2, 0) is 12.8 Å². The predicted octanol–water partition coefficient (Wildman–Crippen LogP) is 7.04. The Morgan fingerprint density at radius 2 is 1.54 bits per heavy atom. The molecule has 0 saturated carbocycles. The second kappa shape index (κ2) is 10.4. The molecule has 0 fully saturated rings. The van der Waals surface area contributed by atoms with Gasteiger partial charge in [0.25, 0.3) is 0 Å². The van der Waals surface area contributed by atoms with E-state index in [9.17, 15) is 27.5 Å². The fourth-order valence-corrected chi connectivity index (χ4v) is 4.04. The SMILES string of the molecule is O=C(O)c1cnn(-c2cccc(-c3ccccc3OCc3ccc(-c4ccc(F)cc4)cc3)n2)c1C(F)(F)F. The average molecular weight is 533 g/mol. The summed E-state index contributed by atoms with van der Waals surface area (Å²) in [5.74, 6) is -1.79. The number of nitrogens with zero attached hydrogens (tertiary/aromatic N) is 3. The van der Waals surface area contributed by atoms with Crippen LogP contribution in [0, 0.1) is 5.82 Å². The van der Waals surface area contributed by atoms with Gasteiger partial charge in [0.2, 0.25) is 0 Å². The average Bonchev–Trinajstić information content (AvgIpc) is 3.40. The summed E-state index contributed by atoms with van der Waals surface area (Å²) in [5, 5.41) is 12.8. The lowest BCUT2D eigenvalue weighted by molar-refractivity contribution is -0.143. The Hall–Kier alpha value is -4.99. The summed E-state index contributed by atoms with van der Waals surface area (Å²) in [4.78, 5) is 15.7. The highest BCUT2D eigenvalue weighted by Crippen LogP contribution is 2.35. The summed E-state index contributed by atoms with van der Waals surface area (Å²) in [5.41, 5.74) is 1.11. The molecule has 5 rings (SSSR count). The van der Waals surface area contributed by atoms with Crippen molar-refractivity contribution in [1.82, 2.24) is 14.8 Å². The predicted molar refractivity (Wildman–Crippen MR) is 135 cm³/mol. The molecule has 196 valence electrons. The van der Waals surface area contributed by atoms with Gasteiger partial charge in [0.05, 0.1) is 11.9 Å². The number of aromatic carboxylic acids is 1. The highest BCUT2D eigenvalue weighted by atomic mass is 19.4. The largest absolute Gasteiger partial charge is 0.488 e. The van der Waals surface area contributed by atoms with Crippen molar-refractivity contribution in [3.05, 3.63) is 120 Å². The smallest absolute Gasteiger partial charge is 0.434 e. The molecule has 2 aromatic heterocycles. The van der Waals surface area contributed by atoms with Crippen LogP contribution < -0.4 is 4.74 Å². The molecule has 6 nitrogen and oxygen atoms in total. The van der Waals surface area contributed by atoms with Gasteiger partial charge in [-0.25, -0.2) is 18.9 Å². The Kier molecular flexibility index (Phi) is 6.84. The molecule has 0 radical (unpaired) electrons. The number of para-hydroxylation sites is 1. The summed E-state index contributed by atoms with van der Waals surface area (Å²) in [7, 11) is 0. The van der Waals surface area contributed by atoms with Gasteiger partial charge in [-0.05, 0) is 53.1 Å². The number of hydrogen-bond acceptors (Lipinski definition) is 4. The van der Waals surface area contributed by atoms with E-state index in [2.05, 4.69) is 10.1 Å². The number of carboxylic acids is 1. The molecular weight excluding hydrogens is 514 g/mol. The Bertz CT molecular complexity index is 1630. The van der Waals surface area contributed by atoms with Crippen molar-refractivity contribution in [2.45, 2.75) is 12.8 Å². The van der Waals surface area contributed by atoms with Gasteiger partial charge in [-0.1, -0.05) is 54.6 Å². The van der Waals surface area contributed by atoms with Crippen LogP contribution in [0.3, 0.4) is 0 Å². The van der Waals surface area contributed by atoms with Crippen LogP contribution in [0.2, 0.25) is 0 Å². The first kappa shape index (κ1) is 25.7. The number of ether oxygens (including phenoxy) is 1. The number of alkyl halides is 3. The number of rotatable bonds is 7. The van der Waals surface area contributed by atoms with Crippen molar-refractivity contribution < 1.29 is 32.2 Å². The van der Waals surface area contributed by atoms with Gasteiger partial charge < -0.3 is 9.84 Å². The number of benzene rings is 3. The van der Waals surface area contributed by atoms with Crippen LogP contribution in [0.15, 0.2) is 97.2 Å². The topological polar surface area (TPSA) is 77.2 Å². The minimum atomic E-state index is -4.96. The maximum atomic E-state index is 13.7. The van der Waals surface area contributed by atoms with Crippen molar-refractivity contribution in [3.8, 4) is 34.0 Å². The Morgan fingerprint density at radius 1 is 0.872 bits per heavy atom. The zero-order chi connectivity index (χ0) is 27.6. The van der Waals surface area contributed by atoms with Gasteiger partial charge in [0.1, 0.15) is 23.7 Å². The standard InChI is InChI=1S/C29H19F4N3O3/c30-21-14-12-20(13-15-21)19-10-8-18(9-11-19)17-39-25-6-2-1-4-22(25)24-5-3-7-26(35-24)36-27(29(31,32)33)23(16-34-36)28(37)38/h1-16H,17H2,(H,37,38). The van der Waals surface area contributed by atoms with Gasteiger partial charge in [-0.2, -0.15) is 18.3 Å². The van der Waals surface area contributed by atoms with Crippen molar-refractivity contribution in [2.75, 3.05) is 0 Å². The summed E-state index contributed by atoms with van der Waals surface area (Å²) in [6, 6.07) is 25.1. The van der Waals surface area contributed by atoms with Crippen molar-refractivity contribution in [3.63, 3.8) is 0 Å². The van der Waals surface area contributed by atoms with Gasteiger partial charge in [-0.3, -0.25) is 0 Å². The molecular formula is C29H19F4N3O3. The van der Waals surface area contributed by atoms with E-state index in [-0.39, 0.29) is 18.2 Å². The van der Waals surface area contributed by atoms with E-state index in [1.165, 1.54) is 24.3 Å². The molecule has 0 saturated heterocycles. The highest BCUT2D eigenvalue weighted by molar-refractivity contribution is 5.89. The lowest BCUT2D eigenvalue weighted by Crippen LogP contribution is -2.18. The molecule has 0 spiro atoms. The van der Waals surface area contributed by atoms with E-state index in [1.54, 1.807) is 42.5 Å². The monoisotopic (exact) mass is 533 g/mol. The fraction of sp³-hybridized carbons (Fsp3) is 0.0690. The molecule has 0 unspecified atom stereocenters. The third-order valence-corrected chi connectivity index (χ3v) is 5.91. The summed E-state index contributed by atoms with van der Waals surface area (Å²) >= 11 is 0. The first-order chi connectivity index (χ1) is 18.7. The van der Waals surface area contributed by atoms with E-state index in [4.69, 9.17) is 4.74 Å². The highest BCUT2D eigenvalue weighted by Gasteiger charge is 2.41. The lowest BCUT2D eigenvalue weighted by Gasteiger charge is -2.14. The molecule has 1 N–H and O–H groups in total. The zero-order valence-corrected chi connectivity index (χ0v) is 20.1. The number of pyridine rings is 1. The number of hydrogen-bond donors (Lipinski definition) is 1. The van der Waals surface area contributed by atoms with Gasteiger partial charge in [0, 0.05) is 5.56 Å². The first-order valence-corrected chi connectivity index (χ1v) is 11.6. The van der Waals surface area contributed by atoms with Crippen LogP contribution in [-0.4, -0.2) is 25.8 Å². The quantitative estimate of drug-likeness (QED) is 0.227. The van der Waals surface area contributed by atoms with Crippen molar-refractivity contribution in [2.24, 2.45) is 0 Å². The lowest BCUT2D eigenvalue weighted by atomic mass is 10.0. The van der Waals surface area contributed by atoms with E-state index in [0.29, 0.717) is 27.9 Å². The second-order valence-corrected chi connectivity index (χ2v) is 8.49. The molecule has 0 aliphatic carbocycles. The molecule has 3 aromatic carbocycles. The van der Waals surface area contributed by atoms with E-state index in [0.717, 1.165) is 16.7 Å². The second-order valence-electron chi connectivity index (χ2n) is 8.49. The Balaban J connectivity index is 1.40. The molecule has 5 aromatic rings. The van der Waals surface area contributed by atoms with Gasteiger partial charge in [0.15, 0.2) is 11.5 Å². The Labute approximate surface area is 219 Å². The van der Waals surface area contributed by atoms with Crippen LogP contribution in [0.1, 0.15) is 21.6 Å². The molecule has 0 aliphatic heterocycles. The minimum Gasteiger partial charge on any atom is -0.488 e. The summed E-state index contributed by atoms with van der Waals surface area (Å²) < 4.78 is 60.8. The first-order valence-electron chi connectivity index (χ1n) is 11.6. The third kappa shape index (κ3) is 5.49. The molecule has 10 heteroatoms. The number of aromatic nitrogens is 3. The van der Waals surface area contributed by atoms with Crippen LogP contribution in [0.25, 0.3) is 28.2 Å². The molecule has 2 heterocycles. The fourth-order valence-electron chi connectivity index (χ4n) is 4.04. The third-order valence-electron chi connectivity index (χ3n) is 5.91. The zero-order valence-electron chi connectivity index (χ0n) is 20.1. The van der Waals surface area contributed by atoms with Gasteiger partial charge >= 0.3 is 12.1 Å². The number of halogens is 4.